The minimum absolute atomic E-state index is 0.0372. The molecular weight excluding hydrogens is 358 g/mol. The third kappa shape index (κ3) is 5.90. The van der Waals surface area contributed by atoms with Crippen molar-refractivity contribution in [1.82, 2.24) is 0 Å². The molecule has 23 heavy (non-hydrogen) atoms. The molecule has 0 bridgehead atoms. The summed E-state index contributed by atoms with van der Waals surface area (Å²) >= 11 is 7.55. The Morgan fingerprint density at radius 3 is 2.61 bits per heavy atom. The van der Waals surface area contributed by atoms with E-state index >= 15 is 0 Å². The number of ether oxygens (including phenoxy) is 1. The number of thioether (sulfide) groups is 1. The fourth-order valence-electron chi connectivity index (χ4n) is 2.14. The van der Waals surface area contributed by atoms with Crippen LogP contribution < -0.4 is 5.32 Å². The van der Waals surface area contributed by atoms with Crippen LogP contribution in [0.2, 0.25) is 0 Å². The van der Waals surface area contributed by atoms with Crippen LogP contribution in [-0.4, -0.2) is 43.3 Å². The van der Waals surface area contributed by atoms with Gasteiger partial charge in [0.25, 0.3) is 0 Å². The number of alkyl halides is 1. The van der Waals surface area contributed by atoms with Crippen LogP contribution in [-0.2, 0) is 14.6 Å². The zero-order chi connectivity index (χ0) is 16.9. The highest BCUT2D eigenvalue weighted by Gasteiger charge is 2.36. The number of hydrogen-bond acceptors (Lipinski definition) is 5. The van der Waals surface area contributed by atoms with E-state index in [4.69, 9.17) is 16.3 Å². The van der Waals surface area contributed by atoms with Crippen LogP contribution >= 0.6 is 23.4 Å². The molecule has 1 aliphatic heterocycles. The number of benzene rings is 1. The number of nitrogens with one attached hydrogen (secondary N) is 1. The van der Waals surface area contributed by atoms with Crippen LogP contribution in [0.4, 0.5) is 10.5 Å². The molecule has 0 spiro atoms. The Labute approximate surface area is 146 Å². The summed E-state index contributed by atoms with van der Waals surface area (Å²) in [5.41, 5.74) is 0.636. The molecule has 0 radical (unpaired) electrons. The highest BCUT2D eigenvalue weighted by Crippen LogP contribution is 2.34. The van der Waals surface area contributed by atoms with Crippen molar-refractivity contribution in [3.63, 3.8) is 0 Å². The Morgan fingerprint density at radius 2 is 2.04 bits per heavy atom. The number of amides is 1. The summed E-state index contributed by atoms with van der Waals surface area (Å²) in [6, 6.07) is 7.19. The van der Waals surface area contributed by atoms with Crippen molar-refractivity contribution in [2.24, 2.45) is 0 Å². The molecule has 1 amide bonds. The fourth-order valence-corrected chi connectivity index (χ4v) is 6.55. The topological polar surface area (TPSA) is 72.5 Å². The number of hydrogen-bond donors (Lipinski definition) is 1. The van der Waals surface area contributed by atoms with E-state index in [1.54, 1.807) is 12.1 Å². The molecule has 0 aromatic heterocycles. The van der Waals surface area contributed by atoms with Gasteiger partial charge >= 0.3 is 6.09 Å². The van der Waals surface area contributed by atoms with Crippen LogP contribution in [0.3, 0.4) is 0 Å². The number of unbranched alkanes of at least 4 members (excludes halogenated alkanes) is 1. The summed E-state index contributed by atoms with van der Waals surface area (Å²) in [5.74, 6) is 0.144. The maximum atomic E-state index is 11.6. The van der Waals surface area contributed by atoms with Gasteiger partial charge in [-0.2, -0.15) is 0 Å². The molecule has 2 rings (SSSR count). The van der Waals surface area contributed by atoms with E-state index in [1.165, 1.54) is 11.8 Å². The zero-order valence-electron chi connectivity index (χ0n) is 12.8. The SMILES string of the molecule is CCCCOC(=O)Nc1ccc(SC2CS(=O)(=O)CC2Cl)cc1. The van der Waals surface area contributed by atoms with Gasteiger partial charge in [0.1, 0.15) is 0 Å². The van der Waals surface area contributed by atoms with Crippen LogP contribution in [0.25, 0.3) is 0 Å². The predicted octanol–water partition coefficient (Wildman–Crippen LogP) is 3.53. The fraction of sp³-hybridized carbons (Fsp3) is 0.533. The van der Waals surface area contributed by atoms with Gasteiger partial charge < -0.3 is 4.74 Å². The first kappa shape index (κ1) is 18.4. The van der Waals surface area contributed by atoms with Crippen molar-refractivity contribution in [3.8, 4) is 0 Å². The second-order valence-electron chi connectivity index (χ2n) is 5.39. The third-order valence-corrected chi connectivity index (χ3v) is 7.43. The van der Waals surface area contributed by atoms with E-state index in [2.05, 4.69) is 5.32 Å². The van der Waals surface area contributed by atoms with Gasteiger partial charge in [-0.1, -0.05) is 13.3 Å². The van der Waals surface area contributed by atoms with Crippen LogP contribution in [0.5, 0.6) is 0 Å². The molecule has 1 aromatic carbocycles. The number of rotatable bonds is 6. The smallest absolute Gasteiger partial charge is 0.411 e. The van der Waals surface area contributed by atoms with Crippen molar-refractivity contribution >= 4 is 45.0 Å². The van der Waals surface area contributed by atoms with Gasteiger partial charge in [-0.25, -0.2) is 13.2 Å². The van der Waals surface area contributed by atoms with E-state index < -0.39 is 15.9 Å². The lowest BCUT2D eigenvalue weighted by atomic mass is 10.3. The Kier molecular flexibility index (Phi) is 6.61. The summed E-state index contributed by atoms with van der Waals surface area (Å²) in [6.45, 7) is 2.43. The monoisotopic (exact) mass is 377 g/mol. The lowest BCUT2D eigenvalue weighted by molar-refractivity contribution is 0.160. The molecule has 128 valence electrons. The van der Waals surface area contributed by atoms with E-state index in [0.717, 1.165) is 17.7 Å². The molecule has 1 aliphatic rings. The molecule has 1 aromatic rings. The molecular formula is C15H20ClNO4S2. The van der Waals surface area contributed by atoms with Gasteiger partial charge in [0.2, 0.25) is 0 Å². The molecule has 0 aliphatic carbocycles. The first-order valence-electron chi connectivity index (χ1n) is 7.44. The maximum Gasteiger partial charge on any atom is 0.411 e. The zero-order valence-corrected chi connectivity index (χ0v) is 15.2. The number of halogens is 1. The van der Waals surface area contributed by atoms with Gasteiger partial charge in [-0.05, 0) is 30.7 Å². The first-order chi connectivity index (χ1) is 10.9. The molecule has 2 atom stereocenters. The molecule has 0 saturated carbocycles. The van der Waals surface area contributed by atoms with Gasteiger partial charge in [-0.15, -0.1) is 23.4 Å². The highest BCUT2D eigenvalue weighted by atomic mass is 35.5. The molecule has 1 N–H and O–H groups in total. The number of anilines is 1. The summed E-state index contributed by atoms with van der Waals surface area (Å²) < 4.78 is 28.2. The molecule has 1 heterocycles. The molecule has 1 saturated heterocycles. The highest BCUT2D eigenvalue weighted by molar-refractivity contribution is 8.02. The van der Waals surface area contributed by atoms with E-state index in [9.17, 15) is 13.2 Å². The lowest BCUT2D eigenvalue weighted by Crippen LogP contribution is -2.14. The van der Waals surface area contributed by atoms with Crippen molar-refractivity contribution < 1.29 is 17.9 Å². The van der Waals surface area contributed by atoms with Crippen molar-refractivity contribution in [2.75, 3.05) is 23.4 Å². The summed E-state index contributed by atoms with van der Waals surface area (Å²) in [6.07, 6.45) is 1.34. The van der Waals surface area contributed by atoms with Crippen molar-refractivity contribution in [3.05, 3.63) is 24.3 Å². The van der Waals surface area contributed by atoms with Gasteiger partial charge in [-0.3, -0.25) is 5.32 Å². The van der Waals surface area contributed by atoms with Gasteiger partial charge in [0.15, 0.2) is 9.84 Å². The minimum atomic E-state index is -3.03. The Hall–Kier alpha value is -0.920. The van der Waals surface area contributed by atoms with E-state index in [0.29, 0.717) is 12.3 Å². The summed E-state index contributed by atoms with van der Waals surface area (Å²) in [5, 5.41) is 2.15. The van der Waals surface area contributed by atoms with Crippen molar-refractivity contribution in [1.29, 1.82) is 0 Å². The quantitative estimate of drug-likeness (QED) is 0.606. The van der Waals surface area contributed by atoms with Crippen LogP contribution in [0.15, 0.2) is 29.2 Å². The number of sulfone groups is 1. The van der Waals surface area contributed by atoms with E-state index in [-0.39, 0.29) is 22.1 Å². The molecule has 1 fully saturated rings. The van der Waals surface area contributed by atoms with Gasteiger partial charge in [0, 0.05) is 15.8 Å². The normalized spacial score (nSPS) is 22.7. The maximum absolute atomic E-state index is 11.6. The van der Waals surface area contributed by atoms with Crippen LogP contribution in [0.1, 0.15) is 19.8 Å². The predicted molar refractivity (Wildman–Crippen MR) is 94.3 cm³/mol. The standard InChI is InChI=1S/C15H20ClNO4S2/c1-2-3-8-21-15(18)17-11-4-6-12(7-5-11)22-14-10-23(19,20)9-13(14)16/h4-7,13-14H,2-3,8-10H2,1H3,(H,17,18). The second kappa shape index (κ2) is 8.26. The minimum Gasteiger partial charge on any atom is -0.449 e. The Balaban J connectivity index is 1.86. The molecule has 5 nitrogen and oxygen atoms in total. The lowest BCUT2D eigenvalue weighted by Gasteiger charge is -2.12. The first-order valence-corrected chi connectivity index (χ1v) is 10.6. The summed E-state index contributed by atoms with van der Waals surface area (Å²) in [4.78, 5) is 12.5. The average Bonchev–Trinajstić information content (AvgIpc) is 2.73. The second-order valence-corrected chi connectivity index (χ2v) is 9.42. The summed E-state index contributed by atoms with van der Waals surface area (Å²) in [7, 11) is -3.03. The number of carbonyl (C=O) groups excluding carboxylic acids is 1. The van der Waals surface area contributed by atoms with Crippen LogP contribution in [0, 0.1) is 0 Å². The van der Waals surface area contributed by atoms with Crippen molar-refractivity contribution in [2.45, 2.75) is 35.3 Å². The Bertz CT molecular complexity index is 633. The largest absolute Gasteiger partial charge is 0.449 e. The Morgan fingerprint density at radius 1 is 1.35 bits per heavy atom. The van der Waals surface area contributed by atoms with Gasteiger partial charge in [0.05, 0.1) is 23.5 Å². The third-order valence-electron chi connectivity index (χ3n) is 3.35. The number of carbonyl (C=O) groups is 1. The average molecular weight is 378 g/mol. The van der Waals surface area contributed by atoms with E-state index in [1.807, 2.05) is 19.1 Å². The molecule has 2 unspecified atom stereocenters. The molecule has 8 heteroatoms.